The molecule has 1 saturated heterocycles. The lowest BCUT2D eigenvalue weighted by atomic mass is 9.60. The van der Waals surface area contributed by atoms with Crippen molar-refractivity contribution in [3.63, 3.8) is 0 Å². The normalized spacial score (nSPS) is 22.1. The van der Waals surface area contributed by atoms with Crippen LogP contribution >= 0.6 is 0 Å². The van der Waals surface area contributed by atoms with E-state index in [0.29, 0.717) is 30.6 Å². The summed E-state index contributed by atoms with van der Waals surface area (Å²) in [6.07, 6.45) is 2.99. The van der Waals surface area contributed by atoms with Crippen LogP contribution in [-0.4, -0.2) is 37.7 Å². The van der Waals surface area contributed by atoms with Crippen molar-refractivity contribution in [2.75, 3.05) is 26.3 Å². The number of carbonyl (C=O) groups excluding carboxylic acids is 1. The molecule has 2 aliphatic rings. The summed E-state index contributed by atoms with van der Waals surface area (Å²) in [4.78, 5) is 13.3. The summed E-state index contributed by atoms with van der Waals surface area (Å²) in [7, 11) is 0. The topological polar surface area (TPSA) is 95.1 Å². The Balaban J connectivity index is 0.000000426. The van der Waals surface area contributed by atoms with Crippen molar-refractivity contribution in [1.29, 1.82) is 10.5 Å². The first-order valence-corrected chi connectivity index (χ1v) is 10.4. The number of rotatable bonds is 6. The number of morpholine rings is 1. The maximum atomic E-state index is 13.3. The van der Waals surface area contributed by atoms with E-state index in [0.717, 1.165) is 32.7 Å². The minimum atomic E-state index is -0.817. The molecule has 156 valence electrons. The van der Waals surface area contributed by atoms with Crippen molar-refractivity contribution < 1.29 is 14.3 Å². The second kappa shape index (κ2) is 11.0. The van der Waals surface area contributed by atoms with E-state index < -0.39 is 11.0 Å². The predicted octanol–water partition coefficient (Wildman–Crippen LogP) is 4.02. The Labute approximate surface area is 173 Å². The molecule has 1 aromatic rings. The lowest BCUT2D eigenvalue weighted by Crippen LogP contribution is -2.57. The van der Waals surface area contributed by atoms with E-state index in [1.807, 2.05) is 25.1 Å². The van der Waals surface area contributed by atoms with Crippen LogP contribution in [0, 0.1) is 28.1 Å². The maximum absolute atomic E-state index is 13.3. The molecular formula is C23H31N3O3. The van der Waals surface area contributed by atoms with Gasteiger partial charge < -0.3 is 14.8 Å². The number of carbonyl (C=O) groups is 1. The monoisotopic (exact) mass is 397 g/mol. The first-order chi connectivity index (χ1) is 14.0. The highest BCUT2D eigenvalue weighted by Crippen LogP contribution is 2.52. The highest BCUT2D eigenvalue weighted by Gasteiger charge is 2.57. The van der Waals surface area contributed by atoms with Crippen LogP contribution in [0.15, 0.2) is 24.3 Å². The Bertz CT molecular complexity index is 732. The fourth-order valence-electron chi connectivity index (χ4n) is 4.28. The molecular weight excluding hydrogens is 366 g/mol. The number of ether oxygens (including phenoxy) is 2. The summed E-state index contributed by atoms with van der Waals surface area (Å²) in [5.41, 5.74) is -0.944. The van der Waals surface area contributed by atoms with Crippen molar-refractivity contribution in [3.8, 4) is 17.9 Å². The highest BCUT2D eigenvalue weighted by atomic mass is 16.5. The first-order valence-electron chi connectivity index (χ1n) is 10.4. The van der Waals surface area contributed by atoms with Crippen molar-refractivity contribution in [1.82, 2.24) is 5.32 Å². The molecule has 6 heteroatoms. The largest absolute Gasteiger partial charge is 0.486 e. The third-order valence-corrected chi connectivity index (χ3v) is 5.81. The van der Waals surface area contributed by atoms with Crippen LogP contribution in [0.1, 0.15) is 62.7 Å². The van der Waals surface area contributed by atoms with E-state index in [4.69, 9.17) is 20.0 Å². The van der Waals surface area contributed by atoms with Gasteiger partial charge in [-0.3, -0.25) is 4.79 Å². The van der Waals surface area contributed by atoms with Crippen LogP contribution < -0.4 is 10.1 Å². The molecule has 0 radical (unpaired) electrons. The summed E-state index contributed by atoms with van der Waals surface area (Å²) in [6.45, 7) is 7.85. The van der Waals surface area contributed by atoms with Crippen LogP contribution in [0.3, 0.4) is 0 Å². The average molecular weight is 398 g/mol. The van der Waals surface area contributed by atoms with Crippen molar-refractivity contribution in [2.24, 2.45) is 5.41 Å². The molecule has 0 saturated carbocycles. The maximum Gasteiger partial charge on any atom is 0.176 e. The van der Waals surface area contributed by atoms with Crippen LogP contribution in [0.2, 0.25) is 0 Å². The molecule has 2 aliphatic heterocycles. The van der Waals surface area contributed by atoms with E-state index >= 15 is 0 Å². The molecule has 1 N–H and O–H groups in total. The molecule has 1 atom stereocenters. The lowest BCUT2D eigenvalue weighted by Gasteiger charge is -2.50. The number of hydrogen-bond donors (Lipinski definition) is 1. The van der Waals surface area contributed by atoms with Gasteiger partial charge in [-0.05, 0) is 38.3 Å². The van der Waals surface area contributed by atoms with E-state index in [1.165, 1.54) is 0 Å². The molecule has 0 bridgehead atoms. The Hall–Kier alpha value is -2.41. The number of benzene rings is 1. The van der Waals surface area contributed by atoms with Crippen molar-refractivity contribution >= 4 is 5.78 Å². The molecule has 1 fully saturated rings. The van der Waals surface area contributed by atoms with E-state index in [1.54, 1.807) is 6.07 Å². The zero-order valence-electron chi connectivity index (χ0n) is 17.5. The first kappa shape index (κ1) is 22.9. The molecule has 0 spiro atoms. The molecule has 29 heavy (non-hydrogen) atoms. The Morgan fingerprint density at radius 3 is 2.17 bits per heavy atom. The average Bonchev–Trinajstić information content (AvgIpc) is 2.75. The van der Waals surface area contributed by atoms with Crippen LogP contribution in [0.25, 0.3) is 0 Å². The van der Waals surface area contributed by atoms with Gasteiger partial charge in [0.15, 0.2) is 5.78 Å². The third-order valence-electron chi connectivity index (χ3n) is 5.81. The van der Waals surface area contributed by atoms with E-state index in [2.05, 4.69) is 24.4 Å². The SMILES string of the molecule is C1COCCN1.CCCC1(C)Oc2ccccc2C(=O)C1(CCC#N)CCC#N. The zero-order valence-corrected chi connectivity index (χ0v) is 17.5. The van der Waals surface area contributed by atoms with Crippen molar-refractivity contribution in [2.45, 2.75) is 58.0 Å². The highest BCUT2D eigenvalue weighted by molar-refractivity contribution is 6.04. The number of nitriles is 2. The molecule has 3 rings (SSSR count). The fourth-order valence-corrected chi connectivity index (χ4v) is 4.28. The van der Waals surface area contributed by atoms with Crippen LogP contribution in [0.5, 0.6) is 5.75 Å². The van der Waals surface area contributed by atoms with Gasteiger partial charge in [0.1, 0.15) is 11.4 Å². The minimum absolute atomic E-state index is 0.0146. The standard InChI is InChI=1S/C19H22N2O2.C4H9NO/c1-3-10-18(2)19(11-6-13-20,12-7-14-21)17(22)15-8-4-5-9-16(15)23-18;1-3-6-4-2-5-1/h4-5,8-9H,3,6-7,10-12H2,1-2H3;5H,1-4H2. The quantitative estimate of drug-likeness (QED) is 0.779. The number of para-hydroxylation sites is 1. The van der Waals surface area contributed by atoms with E-state index in [9.17, 15) is 4.79 Å². The van der Waals surface area contributed by atoms with Crippen molar-refractivity contribution in [3.05, 3.63) is 29.8 Å². The van der Waals surface area contributed by atoms with Gasteiger partial charge in [-0.25, -0.2) is 0 Å². The smallest absolute Gasteiger partial charge is 0.176 e. The summed E-state index contributed by atoms with van der Waals surface area (Å²) >= 11 is 0. The second-order valence-corrected chi connectivity index (χ2v) is 7.67. The van der Waals surface area contributed by atoms with Gasteiger partial charge in [-0.15, -0.1) is 0 Å². The zero-order chi connectivity index (χ0) is 21.2. The third kappa shape index (κ3) is 5.15. The minimum Gasteiger partial charge on any atom is -0.486 e. The summed E-state index contributed by atoms with van der Waals surface area (Å²) in [5.74, 6) is 0.624. The van der Waals surface area contributed by atoms with Crippen LogP contribution in [-0.2, 0) is 4.74 Å². The van der Waals surface area contributed by atoms with Gasteiger partial charge in [0.05, 0.1) is 36.3 Å². The van der Waals surface area contributed by atoms with Crippen LogP contribution in [0.4, 0.5) is 0 Å². The predicted molar refractivity (Wildman–Crippen MR) is 111 cm³/mol. The van der Waals surface area contributed by atoms with Gasteiger partial charge in [0.2, 0.25) is 0 Å². The van der Waals surface area contributed by atoms with Gasteiger partial charge in [-0.2, -0.15) is 10.5 Å². The molecule has 1 aromatic carbocycles. The molecule has 0 aromatic heterocycles. The number of hydrogen-bond acceptors (Lipinski definition) is 6. The lowest BCUT2D eigenvalue weighted by molar-refractivity contribution is -0.0550. The number of ketones is 1. The number of Topliss-reactive ketones (excluding diaryl/α,β-unsaturated/α-hetero) is 1. The number of nitrogens with one attached hydrogen (secondary N) is 1. The molecule has 0 aliphatic carbocycles. The van der Waals surface area contributed by atoms with E-state index in [-0.39, 0.29) is 18.6 Å². The molecule has 2 heterocycles. The summed E-state index contributed by atoms with van der Waals surface area (Å²) in [6, 6.07) is 11.6. The fraction of sp³-hybridized carbons (Fsp3) is 0.609. The van der Waals surface area contributed by atoms with Gasteiger partial charge in [-0.1, -0.05) is 25.5 Å². The van der Waals surface area contributed by atoms with Gasteiger partial charge in [0.25, 0.3) is 0 Å². The van der Waals surface area contributed by atoms with Gasteiger partial charge in [0, 0.05) is 25.9 Å². The molecule has 0 amide bonds. The van der Waals surface area contributed by atoms with Gasteiger partial charge >= 0.3 is 0 Å². The molecule has 1 unspecified atom stereocenters. The number of fused-ring (bicyclic) bond motifs is 1. The second-order valence-electron chi connectivity index (χ2n) is 7.67. The Morgan fingerprint density at radius 2 is 1.69 bits per heavy atom. The summed E-state index contributed by atoms with van der Waals surface area (Å²) < 4.78 is 11.3. The Kier molecular flexibility index (Phi) is 8.64. The molecule has 6 nitrogen and oxygen atoms in total. The Morgan fingerprint density at radius 1 is 1.07 bits per heavy atom. The number of nitrogens with zero attached hydrogens (tertiary/aromatic N) is 2. The summed E-state index contributed by atoms with van der Waals surface area (Å²) in [5, 5.41) is 21.3.